The van der Waals surface area contributed by atoms with Gasteiger partial charge in [-0.05, 0) is 45.1 Å². The van der Waals surface area contributed by atoms with Gasteiger partial charge in [0.25, 0.3) is 5.56 Å². The second-order valence-electron chi connectivity index (χ2n) is 8.94. The fourth-order valence-corrected chi connectivity index (χ4v) is 4.83. The number of hydrogen-bond acceptors (Lipinski definition) is 6. The first-order valence-corrected chi connectivity index (χ1v) is 11.7. The van der Waals surface area contributed by atoms with Crippen LogP contribution in [0.25, 0.3) is 21.8 Å². The molecule has 1 aliphatic heterocycles. The molecule has 2 N–H and O–H groups in total. The molecule has 5 rings (SSSR count). The number of fused-ring (bicyclic) bond motifs is 2. The summed E-state index contributed by atoms with van der Waals surface area (Å²) in [4.78, 5) is 25.5. The maximum absolute atomic E-state index is 13.7. The minimum Gasteiger partial charge on any atom is -0.341 e. The van der Waals surface area contributed by atoms with Gasteiger partial charge in [-0.2, -0.15) is 5.10 Å². The van der Waals surface area contributed by atoms with E-state index >= 15 is 0 Å². The second-order valence-corrected chi connectivity index (χ2v) is 8.94. The Hall–Kier alpha value is -3.70. The zero-order chi connectivity index (χ0) is 23.8. The van der Waals surface area contributed by atoms with Crippen LogP contribution in [0.5, 0.6) is 0 Å². The Bertz CT molecular complexity index is 1510. The van der Waals surface area contributed by atoms with E-state index in [1.807, 2.05) is 36.6 Å². The lowest BCUT2D eigenvalue weighted by Crippen LogP contribution is -2.44. The molecule has 4 aromatic rings. The molecule has 174 valence electrons. The number of anilines is 1. The van der Waals surface area contributed by atoms with E-state index in [0.29, 0.717) is 29.8 Å². The average molecular weight is 456 g/mol. The van der Waals surface area contributed by atoms with Crippen molar-refractivity contribution in [3.63, 3.8) is 0 Å². The molecule has 1 aromatic carbocycles. The normalized spacial score (nSPS) is 16.1. The summed E-state index contributed by atoms with van der Waals surface area (Å²) in [5.41, 5.74) is 9.64. The molecule has 8 nitrogen and oxygen atoms in total. The standard InChI is InChI=1S/C26H29N7O/c1-4-5-13-32-24-23(29-26(32)31-12-8-10-20(27)15-31)18(3)30-33(25(24)34)16-21-14-19-9-6-7-11-22(19)17(2)28-21/h6-7,9,11,14,20H,8,10,12-13,15-16,27H2,1-3H3. The molecule has 0 radical (unpaired) electrons. The summed E-state index contributed by atoms with van der Waals surface area (Å²) in [6, 6.07) is 10.3. The third kappa shape index (κ3) is 3.93. The van der Waals surface area contributed by atoms with E-state index in [0.717, 1.165) is 47.5 Å². The molecule has 1 unspecified atom stereocenters. The van der Waals surface area contributed by atoms with Crippen LogP contribution in [-0.2, 0) is 13.1 Å². The van der Waals surface area contributed by atoms with Crippen molar-refractivity contribution < 1.29 is 0 Å². The number of benzene rings is 1. The van der Waals surface area contributed by atoms with Crippen molar-refractivity contribution in [1.82, 2.24) is 24.3 Å². The molecule has 4 heterocycles. The Morgan fingerprint density at radius 1 is 1.18 bits per heavy atom. The van der Waals surface area contributed by atoms with Crippen LogP contribution in [0, 0.1) is 25.7 Å². The highest BCUT2D eigenvalue weighted by Gasteiger charge is 2.25. The Balaban J connectivity index is 1.63. The number of pyridine rings is 1. The number of nitrogens with two attached hydrogens (primary N) is 1. The quantitative estimate of drug-likeness (QED) is 0.476. The van der Waals surface area contributed by atoms with Gasteiger partial charge in [0.15, 0.2) is 0 Å². The SMILES string of the molecule is CC#CCn1c(N2CCCC(N)C2)nc2c(C)nn(Cc3cc4ccccc4c(C)n3)c(=O)c21. The molecule has 0 amide bonds. The van der Waals surface area contributed by atoms with Gasteiger partial charge in [-0.3, -0.25) is 14.3 Å². The maximum Gasteiger partial charge on any atom is 0.293 e. The van der Waals surface area contributed by atoms with E-state index in [1.54, 1.807) is 6.92 Å². The molecular weight excluding hydrogens is 426 g/mol. The van der Waals surface area contributed by atoms with E-state index in [2.05, 4.69) is 34.0 Å². The van der Waals surface area contributed by atoms with Gasteiger partial charge < -0.3 is 10.6 Å². The first kappa shape index (κ1) is 22.1. The largest absolute Gasteiger partial charge is 0.341 e. The van der Waals surface area contributed by atoms with E-state index in [-0.39, 0.29) is 18.1 Å². The molecule has 1 fully saturated rings. The van der Waals surface area contributed by atoms with Crippen molar-refractivity contribution in [2.24, 2.45) is 5.73 Å². The Labute approximate surface area is 198 Å². The smallest absolute Gasteiger partial charge is 0.293 e. The summed E-state index contributed by atoms with van der Waals surface area (Å²) in [7, 11) is 0. The van der Waals surface area contributed by atoms with E-state index < -0.39 is 0 Å². The number of aromatic nitrogens is 5. The molecular formula is C26H29N7O. The fourth-order valence-electron chi connectivity index (χ4n) is 4.83. The van der Waals surface area contributed by atoms with Crippen molar-refractivity contribution >= 4 is 27.8 Å². The van der Waals surface area contributed by atoms with Gasteiger partial charge >= 0.3 is 0 Å². The van der Waals surface area contributed by atoms with Crippen molar-refractivity contribution in [2.75, 3.05) is 18.0 Å². The predicted octanol–water partition coefficient (Wildman–Crippen LogP) is 2.76. The van der Waals surface area contributed by atoms with Crippen LogP contribution in [0.1, 0.15) is 36.8 Å². The Kier molecular flexibility index (Phi) is 5.80. The third-order valence-corrected chi connectivity index (χ3v) is 6.45. The highest BCUT2D eigenvalue weighted by atomic mass is 16.1. The Morgan fingerprint density at radius 3 is 2.79 bits per heavy atom. The summed E-state index contributed by atoms with van der Waals surface area (Å²) in [5, 5.41) is 6.82. The van der Waals surface area contributed by atoms with Crippen LogP contribution >= 0.6 is 0 Å². The zero-order valence-electron chi connectivity index (χ0n) is 19.9. The molecule has 1 atom stereocenters. The summed E-state index contributed by atoms with van der Waals surface area (Å²) in [6.07, 6.45) is 2.00. The molecule has 0 spiro atoms. The number of nitrogens with zero attached hydrogens (tertiary/aromatic N) is 6. The van der Waals surface area contributed by atoms with Gasteiger partial charge in [0.05, 0.1) is 24.5 Å². The summed E-state index contributed by atoms with van der Waals surface area (Å²) in [6.45, 7) is 7.93. The van der Waals surface area contributed by atoms with Gasteiger partial charge in [0.1, 0.15) is 11.0 Å². The molecule has 0 bridgehead atoms. The fraction of sp³-hybridized carbons (Fsp3) is 0.385. The zero-order valence-corrected chi connectivity index (χ0v) is 19.9. The second kappa shape index (κ2) is 8.92. The van der Waals surface area contributed by atoms with Crippen LogP contribution in [0.15, 0.2) is 35.1 Å². The third-order valence-electron chi connectivity index (χ3n) is 6.45. The van der Waals surface area contributed by atoms with Crippen molar-refractivity contribution in [2.45, 2.75) is 52.7 Å². The predicted molar refractivity (Wildman–Crippen MR) is 135 cm³/mol. The molecule has 1 aliphatic rings. The van der Waals surface area contributed by atoms with Gasteiger partial charge in [-0.25, -0.2) is 9.67 Å². The van der Waals surface area contributed by atoms with Crippen LogP contribution in [-0.4, -0.2) is 43.4 Å². The van der Waals surface area contributed by atoms with Gasteiger partial charge in [0, 0.05) is 30.2 Å². The van der Waals surface area contributed by atoms with Gasteiger partial charge in [-0.15, -0.1) is 5.92 Å². The molecule has 0 saturated carbocycles. The summed E-state index contributed by atoms with van der Waals surface area (Å²) in [5.74, 6) is 6.80. The van der Waals surface area contributed by atoms with E-state index in [1.165, 1.54) is 4.68 Å². The molecule has 8 heteroatoms. The topological polar surface area (TPSA) is 94.9 Å². The molecule has 1 saturated heterocycles. The molecule has 3 aromatic heterocycles. The summed E-state index contributed by atoms with van der Waals surface area (Å²) < 4.78 is 3.42. The lowest BCUT2D eigenvalue weighted by Gasteiger charge is -2.31. The number of rotatable bonds is 4. The highest BCUT2D eigenvalue weighted by Crippen LogP contribution is 2.25. The van der Waals surface area contributed by atoms with Crippen molar-refractivity contribution in [1.29, 1.82) is 0 Å². The average Bonchev–Trinajstić information content (AvgIpc) is 3.21. The van der Waals surface area contributed by atoms with Gasteiger partial charge in [0.2, 0.25) is 5.95 Å². The van der Waals surface area contributed by atoms with Crippen LogP contribution in [0.4, 0.5) is 5.95 Å². The van der Waals surface area contributed by atoms with Crippen LogP contribution in [0.3, 0.4) is 0 Å². The van der Waals surface area contributed by atoms with Crippen molar-refractivity contribution in [3.8, 4) is 11.8 Å². The number of imidazole rings is 1. The maximum atomic E-state index is 13.7. The lowest BCUT2D eigenvalue weighted by molar-refractivity contribution is 0.496. The highest BCUT2D eigenvalue weighted by molar-refractivity contribution is 5.84. The van der Waals surface area contributed by atoms with Gasteiger partial charge in [-0.1, -0.05) is 30.2 Å². The van der Waals surface area contributed by atoms with Crippen LogP contribution in [0.2, 0.25) is 0 Å². The number of aryl methyl sites for hydroxylation is 2. The molecule has 34 heavy (non-hydrogen) atoms. The first-order valence-electron chi connectivity index (χ1n) is 11.7. The minimum atomic E-state index is -0.189. The lowest BCUT2D eigenvalue weighted by atomic mass is 10.1. The van der Waals surface area contributed by atoms with E-state index in [9.17, 15) is 4.79 Å². The van der Waals surface area contributed by atoms with Crippen molar-refractivity contribution in [3.05, 3.63) is 57.8 Å². The molecule has 0 aliphatic carbocycles. The number of piperidine rings is 1. The monoisotopic (exact) mass is 455 g/mol. The first-order chi connectivity index (χ1) is 16.5. The minimum absolute atomic E-state index is 0.0948. The van der Waals surface area contributed by atoms with E-state index in [4.69, 9.17) is 15.7 Å². The Morgan fingerprint density at radius 2 is 2.00 bits per heavy atom. The number of hydrogen-bond donors (Lipinski definition) is 1. The summed E-state index contributed by atoms with van der Waals surface area (Å²) >= 11 is 0. The van der Waals surface area contributed by atoms with Crippen LogP contribution < -0.4 is 16.2 Å².